The zero-order valence-corrected chi connectivity index (χ0v) is 13.1. The van der Waals surface area contributed by atoms with Gasteiger partial charge >= 0.3 is 0 Å². The molecule has 1 aromatic carbocycles. The van der Waals surface area contributed by atoms with Gasteiger partial charge in [0.1, 0.15) is 0 Å². The molecule has 0 radical (unpaired) electrons. The van der Waals surface area contributed by atoms with Gasteiger partial charge in [-0.2, -0.15) is 8.42 Å². The average molecular weight is 315 g/mol. The molecule has 0 aliphatic heterocycles. The maximum atomic E-state index is 12.2. The van der Waals surface area contributed by atoms with Crippen LogP contribution in [-0.2, 0) is 17.1 Å². The highest BCUT2D eigenvalue weighted by Gasteiger charge is 2.12. The maximum absolute atomic E-state index is 12.2. The van der Waals surface area contributed by atoms with Crippen LogP contribution in [0.15, 0.2) is 38.6 Å². The molecule has 2 rings (SSSR count). The highest BCUT2D eigenvalue weighted by Crippen LogP contribution is 2.12. The number of benzene rings is 1. The summed E-state index contributed by atoms with van der Waals surface area (Å²) >= 11 is 0. The van der Waals surface area contributed by atoms with Crippen molar-refractivity contribution in [3.05, 3.63) is 39.4 Å². The van der Waals surface area contributed by atoms with Crippen LogP contribution in [0.4, 0.5) is 0 Å². The average Bonchev–Trinajstić information content (AvgIpc) is 2.70. The Morgan fingerprint density at radius 3 is 2.21 bits per heavy atom. The fraction of sp³-hybridized carbons (Fsp3) is 0.273. The van der Waals surface area contributed by atoms with E-state index in [-0.39, 0.29) is 4.90 Å². The normalized spacial score (nSPS) is 14.1. The summed E-state index contributed by atoms with van der Waals surface area (Å²) in [6.07, 6.45) is 0. The van der Waals surface area contributed by atoms with E-state index in [0.717, 1.165) is 10.4 Å². The summed E-state index contributed by atoms with van der Waals surface area (Å²) in [7, 11) is 2.43. The van der Waals surface area contributed by atoms with Gasteiger partial charge in [-0.1, -0.05) is 17.7 Å². The molecule has 0 fully saturated rings. The highest BCUT2D eigenvalue weighted by molar-refractivity contribution is 7.90. The fourth-order valence-corrected chi connectivity index (χ4v) is 5.02. The molecule has 5 nitrogen and oxygen atoms in total. The third kappa shape index (κ3) is 3.02. The Bertz CT molecular complexity index is 808. The summed E-state index contributed by atoms with van der Waals surface area (Å²) in [5.74, 6) is 0. The summed E-state index contributed by atoms with van der Waals surface area (Å²) < 4.78 is 29.9. The molecule has 0 atom stereocenters. The maximum Gasteiger partial charge on any atom is 0.285 e. The first kappa shape index (κ1) is 14.2. The van der Waals surface area contributed by atoms with Crippen molar-refractivity contribution in [3.63, 3.8) is 0 Å². The number of hydrogen-bond donors (Lipinski definition) is 0. The smallest absolute Gasteiger partial charge is 0.285 e. The Kier molecular flexibility index (Phi) is 4.02. The number of hydrogen-bond acceptors (Lipinski definition) is 5. The Balaban J connectivity index is 2.58. The Hall–Kier alpha value is -1.25. The molecule has 0 unspecified atom stereocenters. The lowest BCUT2D eigenvalue weighted by molar-refractivity contribution is 0.596. The van der Waals surface area contributed by atoms with Crippen LogP contribution in [0.1, 0.15) is 5.56 Å². The minimum atomic E-state index is -3.67. The van der Waals surface area contributed by atoms with Crippen LogP contribution in [0.5, 0.6) is 0 Å². The Labute approximate surface area is 118 Å². The van der Waals surface area contributed by atoms with E-state index in [2.05, 4.69) is 9.39 Å². The number of aromatic nitrogens is 1. The zero-order valence-electron chi connectivity index (χ0n) is 10.7. The van der Waals surface area contributed by atoms with Gasteiger partial charge in [-0.05, 0) is 39.7 Å². The number of nitrogens with zero attached hydrogens (tertiary/aromatic N) is 3. The molecule has 1 aromatic heterocycles. The van der Waals surface area contributed by atoms with Gasteiger partial charge < -0.3 is 0 Å². The molecule has 102 valence electrons. The van der Waals surface area contributed by atoms with E-state index in [9.17, 15) is 8.42 Å². The zero-order chi connectivity index (χ0) is 14.0. The van der Waals surface area contributed by atoms with Gasteiger partial charge in [0.25, 0.3) is 10.0 Å². The number of rotatable bonds is 2. The summed E-state index contributed by atoms with van der Waals surface area (Å²) in [5, 5.41) is 0. The quantitative estimate of drug-likeness (QED) is 0.784. The first-order chi connectivity index (χ1) is 8.94. The van der Waals surface area contributed by atoms with Crippen molar-refractivity contribution in [3.8, 4) is 0 Å². The molecule has 19 heavy (non-hydrogen) atoms. The van der Waals surface area contributed by atoms with Gasteiger partial charge in [0.15, 0.2) is 4.80 Å². The second-order valence-corrected chi connectivity index (χ2v) is 7.56. The van der Waals surface area contributed by atoms with Gasteiger partial charge in [0.2, 0.25) is 4.80 Å². The van der Waals surface area contributed by atoms with Crippen molar-refractivity contribution < 1.29 is 8.42 Å². The van der Waals surface area contributed by atoms with Crippen molar-refractivity contribution in [2.45, 2.75) is 11.8 Å². The van der Waals surface area contributed by atoms with E-state index >= 15 is 0 Å². The van der Waals surface area contributed by atoms with Crippen molar-refractivity contribution in [1.29, 1.82) is 0 Å². The minimum Gasteiger partial charge on any atom is -0.295 e. The lowest BCUT2D eigenvalue weighted by Gasteiger charge is -1.98. The van der Waals surface area contributed by atoms with Gasteiger partial charge in [-0.25, -0.2) is 0 Å². The van der Waals surface area contributed by atoms with E-state index < -0.39 is 10.0 Å². The standard InChI is InChI=1S/C11H13N3O2S3/c1-8-4-6-9(7-5-8)19(15,16)13-11-14(3)10(12-2)17-18-11/h4-7H,1-3H3. The largest absolute Gasteiger partial charge is 0.295 e. The SMILES string of the molecule is CN=c1ssc(=NS(=O)(=O)c2ccc(C)cc2)n1C. The molecule has 0 saturated heterocycles. The van der Waals surface area contributed by atoms with E-state index in [4.69, 9.17) is 0 Å². The molecule has 1 heterocycles. The summed E-state index contributed by atoms with van der Waals surface area (Å²) in [6, 6.07) is 6.64. The molecule has 0 amide bonds. The van der Waals surface area contributed by atoms with Crippen molar-refractivity contribution in [1.82, 2.24) is 4.57 Å². The lowest BCUT2D eigenvalue weighted by atomic mass is 10.2. The van der Waals surface area contributed by atoms with Crippen LogP contribution >= 0.6 is 20.7 Å². The van der Waals surface area contributed by atoms with Crippen LogP contribution in [0.2, 0.25) is 0 Å². The van der Waals surface area contributed by atoms with Gasteiger partial charge in [0.05, 0.1) is 4.90 Å². The molecule has 0 N–H and O–H groups in total. The minimum absolute atomic E-state index is 0.200. The Morgan fingerprint density at radius 2 is 1.68 bits per heavy atom. The number of aryl methyl sites for hydroxylation is 1. The topological polar surface area (TPSA) is 63.8 Å². The van der Waals surface area contributed by atoms with E-state index in [1.165, 1.54) is 20.7 Å². The molecular formula is C11H13N3O2S3. The van der Waals surface area contributed by atoms with Crippen LogP contribution in [0.25, 0.3) is 0 Å². The summed E-state index contributed by atoms with van der Waals surface area (Å²) in [5.41, 5.74) is 1.01. The van der Waals surface area contributed by atoms with Gasteiger partial charge in [0, 0.05) is 14.1 Å². The van der Waals surface area contributed by atoms with Crippen molar-refractivity contribution in [2.24, 2.45) is 16.4 Å². The van der Waals surface area contributed by atoms with Crippen molar-refractivity contribution in [2.75, 3.05) is 7.05 Å². The van der Waals surface area contributed by atoms with Crippen LogP contribution in [0.3, 0.4) is 0 Å². The lowest BCUT2D eigenvalue weighted by Crippen LogP contribution is -2.23. The second kappa shape index (κ2) is 5.40. The third-order valence-electron chi connectivity index (χ3n) is 2.47. The van der Waals surface area contributed by atoms with E-state index in [1.807, 2.05) is 6.92 Å². The predicted molar refractivity (Wildman–Crippen MR) is 76.6 cm³/mol. The molecule has 0 spiro atoms. The second-order valence-electron chi connectivity index (χ2n) is 3.89. The first-order valence-corrected chi connectivity index (χ1v) is 9.00. The van der Waals surface area contributed by atoms with Gasteiger partial charge in [-0.3, -0.25) is 9.56 Å². The summed E-state index contributed by atoms with van der Waals surface area (Å²) in [6.45, 7) is 1.91. The predicted octanol–water partition coefficient (Wildman–Crippen LogP) is 1.28. The van der Waals surface area contributed by atoms with Crippen LogP contribution in [-0.4, -0.2) is 20.0 Å². The first-order valence-electron chi connectivity index (χ1n) is 5.41. The molecule has 0 aliphatic carbocycles. The third-order valence-corrected chi connectivity index (χ3v) is 6.22. The van der Waals surface area contributed by atoms with Crippen molar-refractivity contribution >= 4 is 30.7 Å². The van der Waals surface area contributed by atoms with Gasteiger partial charge in [-0.15, -0.1) is 4.40 Å². The fourth-order valence-electron chi connectivity index (χ4n) is 1.40. The van der Waals surface area contributed by atoms with Crippen LogP contribution in [0, 0.1) is 6.92 Å². The molecule has 2 aromatic rings. The van der Waals surface area contributed by atoms with E-state index in [1.54, 1.807) is 42.9 Å². The molecular weight excluding hydrogens is 302 g/mol. The number of sulfonamides is 1. The Morgan fingerprint density at radius 1 is 1.11 bits per heavy atom. The molecule has 0 bridgehead atoms. The summed E-state index contributed by atoms with van der Waals surface area (Å²) in [4.78, 5) is 5.40. The van der Waals surface area contributed by atoms with Crippen LogP contribution < -0.4 is 9.60 Å². The molecule has 8 heteroatoms. The molecule has 0 saturated carbocycles. The highest BCUT2D eigenvalue weighted by atomic mass is 32.9. The van der Waals surface area contributed by atoms with E-state index in [0.29, 0.717) is 4.80 Å². The molecule has 0 aliphatic rings. The monoisotopic (exact) mass is 315 g/mol.